The number of rotatable bonds is 7. The van der Waals surface area contributed by atoms with Crippen LogP contribution in [-0.2, 0) is 4.74 Å². The molecule has 1 unspecified atom stereocenters. The van der Waals surface area contributed by atoms with E-state index in [0.29, 0.717) is 29.0 Å². The van der Waals surface area contributed by atoms with Crippen LogP contribution in [0.15, 0.2) is 43.0 Å². The zero-order valence-corrected chi connectivity index (χ0v) is 18.4. The topological polar surface area (TPSA) is 114 Å². The van der Waals surface area contributed by atoms with Crippen LogP contribution in [-0.4, -0.2) is 56.4 Å². The lowest BCUT2D eigenvalue weighted by atomic mass is 10.1. The minimum absolute atomic E-state index is 0.172. The third-order valence-electron chi connectivity index (χ3n) is 5.24. The number of benzene rings is 1. The Morgan fingerprint density at radius 2 is 2.28 bits per heavy atom. The molecular weight excluding hydrogens is 432 g/mol. The number of aryl methyl sites for hydroxylation is 1. The first-order chi connectivity index (χ1) is 15.5. The highest BCUT2D eigenvalue weighted by atomic mass is 35.5. The number of hydrogen-bond donors (Lipinski definition) is 3. The summed E-state index contributed by atoms with van der Waals surface area (Å²) < 4.78 is 7.18. The van der Waals surface area contributed by atoms with Crippen molar-refractivity contribution in [2.45, 2.75) is 31.8 Å². The fraction of sp³-hybridized carbons (Fsp3) is 0.364. The van der Waals surface area contributed by atoms with Gasteiger partial charge in [-0.05, 0) is 37.5 Å². The van der Waals surface area contributed by atoms with E-state index in [4.69, 9.17) is 16.3 Å². The normalized spacial score (nSPS) is 17.0. The first-order valence-electron chi connectivity index (χ1n) is 10.4. The third-order valence-corrected chi connectivity index (χ3v) is 5.47. The van der Waals surface area contributed by atoms with Crippen molar-refractivity contribution in [2.75, 3.05) is 25.1 Å². The van der Waals surface area contributed by atoms with Crippen molar-refractivity contribution in [1.82, 2.24) is 24.8 Å². The van der Waals surface area contributed by atoms with Crippen LogP contribution in [0.1, 0.15) is 40.5 Å². The van der Waals surface area contributed by atoms with Crippen LogP contribution in [0.25, 0.3) is 5.82 Å². The zero-order valence-electron chi connectivity index (χ0n) is 17.7. The largest absolute Gasteiger partial charge is 0.394 e. The Hall–Kier alpha value is -3.01. The van der Waals surface area contributed by atoms with Gasteiger partial charge in [0.25, 0.3) is 5.91 Å². The smallest absolute Gasteiger partial charge is 0.272 e. The molecule has 0 aliphatic carbocycles. The quantitative estimate of drug-likeness (QED) is 0.500. The van der Waals surface area contributed by atoms with E-state index in [1.54, 1.807) is 41.2 Å². The number of nitrogens with one attached hydrogen (secondary N) is 2. The Morgan fingerprint density at radius 3 is 3.03 bits per heavy atom. The number of amides is 1. The van der Waals surface area contributed by atoms with Gasteiger partial charge in [0, 0.05) is 29.6 Å². The highest BCUT2D eigenvalue weighted by molar-refractivity contribution is 6.30. The first kappa shape index (κ1) is 22.2. The number of aliphatic hydroxyl groups excluding tert-OH is 1. The number of imidazole rings is 1. The standard InChI is InChI=1S/C22H25ClN6O3/c1-14-9-24-22(26-17-6-3-7-32-12-17)28-20(14)29-10-18(25-13-29)21(31)27-19(11-30)15-4-2-5-16(23)8-15/h2,4-5,8-10,13,17,19,30H,3,6-7,11-12H2,1H3,(H,27,31)(H,24,26,28)/t17?,19-/m1/s1. The van der Waals surface area contributed by atoms with Crippen LogP contribution in [0.3, 0.4) is 0 Å². The minimum Gasteiger partial charge on any atom is -0.394 e. The van der Waals surface area contributed by atoms with E-state index in [0.717, 1.165) is 25.0 Å². The van der Waals surface area contributed by atoms with E-state index in [9.17, 15) is 9.90 Å². The summed E-state index contributed by atoms with van der Waals surface area (Å²) in [4.78, 5) is 25.9. The molecule has 0 bridgehead atoms. The van der Waals surface area contributed by atoms with Crippen LogP contribution >= 0.6 is 11.6 Å². The van der Waals surface area contributed by atoms with Crippen molar-refractivity contribution in [1.29, 1.82) is 0 Å². The Labute approximate surface area is 190 Å². The van der Waals surface area contributed by atoms with Crippen LogP contribution < -0.4 is 10.6 Å². The summed E-state index contributed by atoms with van der Waals surface area (Å²) in [6.45, 7) is 3.04. The summed E-state index contributed by atoms with van der Waals surface area (Å²) >= 11 is 6.03. The summed E-state index contributed by atoms with van der Waals surface area (Å²) in [7, 11) is 0. The molecule has 1 aliphatic heterocycles. The van der Waals surface area contributed by atoms with E-state index < -0.39 is 11.9 Å². The average Bonchev–Trinajstić information content (AvgIpc) is 3.29. The van der Waals surface area contributed by atoms with Crippen molar-refractivity contribution in [2.24, 2.45) is 0 Å². The highest BCUT2D eigenvalue weighted by Crippen LogP contribution is 2.19. The lowest BCUT2D eigenvalue weighted by Crippen LogP contribution is -2.31. The predicted molar refractivity (Wildman–Crippen MR) is 120 cm³/mol. The first-order valence-corrected chi connectivity index (χ1v) is 10.8. The molecule has 168 valence electrons. The molecule has 0 spiro atoms. The molecule has 2 aromatic heterocycles. The highest BCUT2D eigenvalue weighted by Gasteiger charge is 2.19. The number of aliphatic hydroxyl groups is 1. The van der Waals surface area contributed by atoms with E-state index in [1.807, 2.05) is 6.92 Å². The summed E-state index contributed by atoms with van der Waals surface area (Å²) in [6.07, 6.45) is 6.87. The number of carbonyl (C=O) groups excluding carboxylic acids is 1. The molecule has 0 radical (unpaired) electrons. The van der Waals surface area contributed by atoms with Crippen molar-refractivity contribution in [3.05, 3.63) is 64.8 Å². The summed E-state index contributed by atoms with van der Waals surface area (Å²) in [5.41, 5.74) is 1.76. The van der Waals surface area contributed by atoms with Gasteiger partial charge >= 0.3 is 0 Å². The third kappa shape index (κ3) is 5.24. The second-order valence-electron chi connectivity index (χ2n) is 7.69. The number of hydrogen-bond acceptors (Lipinski definition) is 7. The molecule has 2 atom stereocenters. The molecule has 3 heterocycles. The SMILES string of the molecule is Cc1cnc(NC2CCCOC2)nc1-n1cnc(C(=O)N[C@H](CO)c2cccc(Cl)c2)c1. The number of ether oxygens (including phenoxy) is 1. The number of aromatic nitrogens is 4. The van der Waals surface area contributed by atoms with E-state index >= 15 is 0 Å². The summed E-state index contributed by atoms with van der Waals surface area (Å²) in [5.74, 6) is 0.716. The van der Waals surface area contributed by atoms with Crippen molar-refractivity contribution < 1.29 is 14.6 Å². The van der Waals surface area contributed by atoms with Gasteiger partial charge < -0.3 is 20.5 Å². The maximum Gasteiger partial charge on any atom is 0.272 e. The molecule has 1 amide bonds. The maximum atomic E-state index is 12.7. The van der Waals surface area contributed by atoms with Crippen molar-refractivity contribution in [3.63, 3.8) is 0 Å². The van der Waals surface area contributed by atoms with Crippen LogP contribution in [0.4, 0.5) is 5.95 Å². The molecule has 3 N–H and O–H groups in total. The minimum atomic E-state index is -0.597. The number of anilines is 1. The Kier molecular flexibility index (Phi) is 6.99. The summed E-state index contributed by atoms with van der Waals surface area (Å²) in [5, 5.41) is 16.4. The van der Waals surface area contributed by atoms with Crippen LogP contribution in [0.2, 0.25) is 5.02 Å². The average molecular weight is 457 g/mol. The predicted octanol–water partition coefficient (Wildman–Crippen LogP) is 2.68. The van der Waals surface area contributed by atoms with Gasteiger partial charge in [-0.1, -0.05) is 23.7 Å². The lowest BCUT2D eigenvalue weighted by Gasteiger charge is -2.23. The monoisotopic (exact) mass is 456 g/mol. The molecule has 0 saturated carbocycles. The van der Waals surface area contributed by atoms with E-state index in [-0.39, 0.29) is 18.3 Å². The van der Waals surface area contributed by atoms with Crippen molar-refractivity contribution >= 4 is 23.5 Å². The molecule has 32 heavy (non-hydrogen) atoms. The molecular formula is C22H25ClN6O3. The molecule has 1 saturated heterocycles. The maximum absolute atomic E-state index is 12.7. The molecule has 3 aromatic rings. The van der Waals surface area contributed by atoms with E-state index in [1.165, 1.54) is 6.33 Å². The number of nitrogens with zero attached hydrogens (tertiary/aromatic N) is 4. The molecule has 10 heteroatoms. The molecule has 9 nitrogen and oxygen atoms in total. The Morgan fingerprint density at radius 1 is 1.41 bits per heavy atom. The molecule has 4 rings (SSSR count). The molecule has 1 aromatic carbocycles. The fourth-order valence-electron chi connectivity index (χ4n) is 3.55. The Bertz CT molecular complexity index is 1080. The van der Waals surface area contributed by atoms with E-state index in [2.05, 4.69) is 25.6 Å². The van der Waals surface area contributed by atoms with Gasteiger partial charge in [0.15, 0.2) is 0 Å². The van der Waals surface area contributed by atoms with Gasteiger partial charge in [-0.3, -0.25) is 9.36 Å². The molecule has 1 fully saturated rings. The van der Waals surface area contributed by atoms with Gasteiger partial charge in [0.1, 0.15) is 17.8 Å². The van der Waals surface area contributed by atoms with Crippen LogP contribution in [0, 0.1) is 6.92 Å². The number of halogens is 1. The second kappa shape index (κ2) is 10.1. The van der Waals surface area contributed by atoms with Gasteiger partial charge in [-0.15, -0.1) is 0 Å². The van der Waals surface area contributed by atoms with Gasteiger partial charge in [-0.2, -0.15) is 4.98 Å². The van der Waals surface area contributed by atoms with Gasteiger partial charge in [-0.25, -0.2) is 9.97 Å². The van der Waals surface area contributed by atoms with Gasteiger partial charge in [0.2, 0.25) is 5.95 Å². The van der Waals surface area contributed by atoms with Gasteiger partial charge in [0.05, 0.1) is 25.3 Å². The lowest BCUT2D eigenvalue weighted by molar-refractivity contribution is 0.0874. The van der Waals surface area contributed by atoms with Crippen LogP contribution in [0.5, 0.6) is 0 Å². The summed E-state index contributed by atoms with van der Waals surface area (Å²) in [6, 6.07) is 6.58. The van der Waals surface area contributed by atoms with Crippen molar-refractivity contribution in [3.8, 4) is 5.82 Å². The number of carbonyl (C=O) groups is 1. The fourth-order valence-corrected chi connectivity index (χ4v) is 3.75. The molecule has 1 aliphatic rings. The second-order valence-corrected chi connectivity index (χ2v) is 8.12. The zero-order chi connectivity index (χ0) is 22.5. The Balaban J connectivity index is 1.49.